The largest absolute Gasteiger partial charge is 0.383 e. The van der Waals surface area contributed by atoms with E-state index in [-0.39, 0.29) is 12.3 Å². The molecule has 5 nitrogen and oxygen atoms in total. The summed E-state index contributed by atoms with van der Waals surface area (Å²) in [5.74, 6) is -1.08. The summed E-state index contributed by atoms with van der Waals surface area (Å²) in [4.78, 5) is 28.0. The number of likely N-dealkylation sites (N-methyl/N-ethyl adjacent to an activating group) is 1. The van der Waals surface area contributed by atoms with Crippen LogP contribution >= 0.6 is 23.2 Å². The zero-order chi connectivity index (χ0) is 19.3. The van der Waals surface area contributed by atoms with Gasteiger partial charge in [-0.25, -0.2) is 4.90 Å². The van der Waals surface area contributed by atoms with E-state index in [1.54, 1.807) is 18.2 Å². The molecule has 0 bridgehead atoms. The molecular formula is C20H18Cl2N2O3. The van der Waals surface area contributed by atoms with Crippen LogP contribution in [0.1, 0.15) is 29.0 Å². The van der Waals surface area contributed by atoms with Crippen molar-refractivity contribution in [3.63, 3.8) is 0 Å². The Bertz CT molecular complexity index is 947. The lowest BCUT2D eigenvalue weighted by molar-refractivity contribution is -0.124. The molecule has 2 heterocycles. The van der Waals surface area contributed by atoms with Crippen molar-refractivity contribution < 1.29 is 14.7 Å². The maximum Gasteiger partial charge on any atom is 0.263 e. The number of halogens is 2. The van der Waals surface area contributed by atoms with Crippen molar-refractivity contribution in [2.24, 2.45) is 0 Å². The van der Waals surface area contributed by atoms with Gasteiger partial charge < -0.3 is 10.0 Å². The van der Waals surface area contributed by atoms with E-state index < -0.39 is 17.9 Å². The normalized spacial score (nSPS) is 23.0. The van der Waals surface area contributed by atoms with Gasteiger partial charge in [-0.1, -0.05) is 41.4 Å². The van der Waals surface area contributed by atoms with Gasteiger partial charge in [-0.2, -0.15) is 0 Å². The third-order valence-electron chi connectivity index (χ3n) is 5.17. The predicted molar refractivity (Wildman–Crippen MR) is 104 cm³/mol. The zero-order valence-electron chi connectivity index (χ0n) is 14.7. The van der Waals surface area contributed by atoms with Crippen molar-refractivity contribution in [1.29, 1.82) is 0 Å². The number of anilines is 1. The van der Waals surface area contributed by atoms with Gasteiger partial charge >= 0.3 is 0 Å². The van der Waals surface area contributed by atoms with E-state index in [1.165, 1.54) is 0 Å². The predicted octanol–water partition coefficient (Wildman–Crippen LogP) is 3.19. The number of carbonyl (C=O) groups is 2. The average molecular weight is 405 g/mol. The van der Waals surface area contributed by atoms with Gasteiger partial charge in [-0.05, 0) is 41.9 Å². The Morgan fingerprint density at radius 1 is 1.11 bits per heavy atom. The smallest absolute Gasteiger partial charge is 0.263 e. The molecule has 0 aromatic heterocycles. The summed E-state index contributed by atoms with van der Waals surface area (Å²) < 4.78 is 0. The lowest BCUT2D eigenvalue weighted by atomic mass is 9.83. The standard InChI is InChI=1S/C20H18Cl2N2O3/c1-23-9-14(13-6-11(21)7-16(22)15(13)10-23)12-4-2-3-5-17(12)24-19(26)8-18(25)20(24)27/h2-7,14,18,25H,8-10H2,1H3/t14-,18+/m1/s1. The van der Waals surface area contributed by atoms with Crippen LogP contribution in [0.3, 0.4) is 0 Å². The molecule has 27 heavy (non-hydrogen) atoms. The van der Waals surface area contributed by atoms with Gasteiger partial charge in [0, 0.05) is 29.1 Å². The molecule has 2 aromatic rings. The number of imide groups is 1. The van der Waals surface area contributed by atoms with Crippen LogP contribution in [0.2, 0.25) is 10.0 Å². The monoisotopic (exact) mass is 404 g/mol. The molecule has 2 atom stereocenters. The molecule has 0 spiro atoms. The molecule has 0 radical (unpaired) electrons. The van der Waals surface area contributed by atoms with Crippen molar-refractivity contribution >= 4 is 40.7 Å². The summed E-state index contributed by atoms with van der Waals surface area (Å²) in [6, 6.07) is 10.9. The molecule has 2 aliphatic rings. The highest BCUT2D eigenvalue weighted by molar-refractivity contribution is 6.35. The number of nitrogens with zero attached hydrogens (tertiary/aromatic N) is 2. The van der Waals surface area contributed by atoms with E-state index in [2.05, 4.69) is 4.90 Å². The summed E-state index contributed by atoms with van der Waals surface area (Å²) in [6.07, 6.45) is -1.47. The first-order valence-electron chi connectivity index (χ1n) is 8.67. The second kappa shape index (κ2) is 6.91. The minimum Gasteiger partial charge on any atom is -0.383 e. The zero-order valence-corrected chi connectivity index (χ0v) is 16.2. The van der Waals surface area contributed by atoms with E-state index in [1.807, 2.05) is 25.2 Å². The van der Waals surface area contributed by atoms with Gasteiger partial charge in [0.1, 0.15) is 6.10 Å². The first-order chi connectivity index (χ1) is 12.9. The Morgan fingerprint density at radius 3 is 2.56 bits per heavy atom. The number of aliphatic hydroxyl groups is 1. The number of fused-ring (bicyclic) bond motifs is 1. The quantitative estimate of drug-likeness (QED) is 0.780. The molecule has 2 aliphatic heterocycles. The number of hydrogen-bond donors (Lipinski definition) is 1. The van der Waals surface area contributed by atoms with Crippen molar-refractivity contribution in [1.82, 2.24) is 4.90 Å². The highest BCUT2D eigenvalue weighted by Crippen LogP contribution is 2.42. The molecular weight excluding hydrogens is 387 g/mol. The van der Waals surface area contributed by atoms with Gasteiger partial charge in [0.25, 0.3) is 5.91 Å². The summed E-state index contributed by atoms with van der Waals surface area (Å²) in [7, 11) is 2.00. The maximum atomic E-state index is 12.4. The van der Waals surface area contributed by atoms with Crippen LogP contribution in [0.5, 0.6) is 0 Å². The Labute approximate surface area is 167 Å². The van der Waals surface area contributed by atoms with Gasteiger partial charge in [0.15, 0.2) is 0 Å². The van der Waals surface area contributed by atoms with E-state index >= 15 is 0 Å². The SMILES string of the molecule is CN1Cc2c(Cl)cc(Cl)cc2[C@@H](c2ccccc2N2C(=O)C[C@H](O)C2=O)C1. The first kappa shape index (κ1) is 18.4. The fraction of sp³-hybridized carbons (Fsp3) is 0.300. The molecule has 1 saturated heterocycles. The topological polar surface area (TPSA) is 60.9 Å². The Hall–Kier alpha value is -1.92. The van der Waals surface area contributed by atoms with Crippen molar-refractivity contribution in [2.75, 3.05) is 18.5 Å². The lowest BCUT2D eigenvalue weighted by Gasteiger charge is -2.35. The Morgan fingerprint density at radius 2 is 1.85 bits per heavy atom. The first-order valence-corrected chi connectivity index (χ1v) is 9.42. The molecule has 7 heteroatoms. The second-order valence-corrected chi connectivity index (χ2v) is 7.89. The summed E-state index contributed by atoms with van der Waals surface area (Å²) in [5, 5.41) is 11.0. The molecule has 2 aromatic carbocycles. The molecule has 4 rings (SSSR count). The molecule has 1 N–H and O–H groups in total. The van der Waals surface area contributed by atoms with Gasteiger partial charge in [0.05, 0.1) is 12.1 Å². The number of hydrogen-bond acceptors (Lipinski definition) is 4. The van der Waals surface area contributed by atoms with Crippen molar-refractivity contribution in [3.8, 4) is 0 Å². The van der Waals surface area contributed by atoms with E-state index in [0.29, 0.717) is 28.8 Å². The van der Waals surface area contributed by atoms with Crippen molar-refractivity contribution in [3.05, 3.63) is 63.1 Å². The Balaban J connectivity index is 1.87. The summed E-state index contributed by atoms with van der Waals surface area (Å²) in [6.45, 7) is 1.39. The average Bonchev–Trinajstić information content (AvgIpc) is 2.87. The highest BCUT2D eigenvalue weighted by Gasteiger charge is 2.40. The third kappa shape index (κ3) is 3.15. The summed E-state index contributed by atoms with van der Waals surface area (Å²) in [5.41, 5.74) is 3.33. The lowest BCUT2D eigenvalue weighted by Crippen LogP contribution is -2.35. The van der Waals surface area contributed by atoms with Gasteiger partial charge in [-0.15, -0.1) is 0 Å². The van der Waals surface area contributed by atoms with Gasteiger partial charge in [0.2, 0.25) is 5.91 Å². The number of para-hydroxylation sites is 1. The van der Waals surface area contributed by atoms with Crippen LogP contribution in [0.15, 0.2) is 36.4 Å². The fourth-order valence-electron chi connectivity index (χ4n) is 3.97. The minimum absolute atomic E-state index is 0.107. The minimum atomic E-state index is -1.28. The second-order valence-electron chi connectivity index (χ2n) is 7.05. The van der Waals surface area contributed by atoms with Crippen LogP contribution in [-0.4, -0.2) is 41.5 Å². The Kier molecular flexibility index (Phi) is 4.72. The van der Waals surface area contributed by atoms with Crippen LogP contribution < -0.4 is 4.90 Å². The molecule has 2 amide bonds. The number of benzene rings is 2. The van der Waals surface area contributed by atoms with Crippen LogP contribution in [0.4, 0.5) is 5.69 Å². The molecule has 0 aliphatic carbocycles. The van der Waals surface area contributed by atoms with Crippen LogP contribution in [0, 0.1) is 0 Å². The van der Waals surface area contributed by atoms with E-state index in [9.17, 15) is 14.7 Å². The summed E-state index contributed by atoms with van der Waals surface area (Å²) >= 11 is 12.7. The number of rotatable bonds is 2. The van der Waals surface area contributed by atoms with Crippen LogP contribution in [0.25, 0.3) is 0 Å². The van der Waals surface area contributed by atoms with E-state index in [4.69, 9.17) is 23.2 Å². The number of amides is 2. The molecule has 0 saturated carbocycles. The molecule has 0 unspecified atom stereocenters. The fourth-order valence-corrected chi connectivity index (χ4v) is 4.54. The maximum absolute atomic E-state index is 12.4. The van der Waals surface area contributed by atoms with Gasteiger partial charge in [-0.3, -0.25) is 9.59 Å². The van der Waals surface area contributed by atoms with Crippen molar-refractivity contribution in [2.45, 2.75) is 25.0 Å². The highest BCUT2D eigenvalue weighted by atomic mass is 35.5. The van der Waals surface area contributed by atoms with Crippen LogP contribution in [-0.2, 0) is 16.1 Å². The van der Waals surface area contributed by atoms with E-state index in [0.717, 1.165) is 21.6 Å². The molecule has 140 valence electrons. The number of carbonyl (C=O) groups excluding carboxylic acids is 2. The molecule has 1 fully saturated rings. The number of aliphatic hydroxyl groups excluding tert-OH is 1. The third-order valence-corrected chi connectivity index (χ3v) is 5.72.